The largest absolute Gasteiger partial charge is 0.345 e. The van der Waals surface area contributed by atoms with Crippen LogP contribution in [0.4, 0.5) is 5.82 Å². The molecule has 0 saturated heterocycles. The highest BCUT2D eigenvalue weighted by molar-refractivity contribution is 5.89. The Balaban J connectivity index is 2.34. The van der Waals surface area contributed by atoms with E-state index in [0.717, 1.165) is 28.1 Å². The van der Waals surface area contributed by atoms with E-state index in [1.165, 1.54) is 6.92 Å². The molecule has 114 valence electrons. The van der Waals surface area contributed by atoms with Gasteiger partial charge in [0.05, 0.1) is 16.6 Å². The first-order chi connectivity index (χ1) is 11.0. The number of carbonyl (C=O) groups is 1. The third kappa shape index (κ3) is 2.55. The standard InChI is InChI=1S/C18H16N4O/c1-11-8-17(20-12(2)9-13(3)23)22-16-7-5-4-6-15(16)21-18(22)14(11)10-19/h4-9,20H,1-3H3/b12-9+. The lowest BCUT2D eigenvalue weighted by atomic mass is 10.1. The number of nitriles is 1. The van der Waals surface area contributed by atoms with Crippen molar-refractivity contribution in [2.75, 3.05) is 5.32 Å². The van der Waals surface area contributed by atoms with E-state index in [1.807, 2.05) is 48.6 Å². The van der Waals surface area contributed by atoms with Crippen molar-refractivity contribution < 1.29 is 4.79 Å². The number of imidazole rings is 1. The van der Waals surface area contributed by atoms with Crippen molar-refractivity contribution >= 4 is 28.3 Å². The van der Waals surface area contributed by atoms with Gasteiger partial charge in [0.1, 0.15) is 11.9 Å². The first-order valence-electron chi connectivity index (χ1n) is 7.28. The maximum absolute atomic E-state index is 11.3. The first-order valence-corrected chi connectivity index (χ1v) is 7.28. The van der Waals surface area contributed by atoms with Crippen molar-refractivity contribution in [3.05, 3.63) is 53.2 Å². The number of aryl methyl sites for hydroxylation is 1. The molecule has 23 heavy (non-hydrogen) atoms. The van der Waals surface area contributed by atoms with Gasteiger partial charge in [0.2, 0.25) is 0 Å². The molecule has 2 heterocycles. The zero-order valence-corrected chi connectivity index (χ0v) is 13.2. The van der Waals surface area contributed by atoms with Crippen LogP contribution in [0, 0.1) is 18.3 Å². The van der Waals surface area contributed by atoms with Crippen LogP contribution < -0.4 is 5.32 Å². The molecule has 0 spiro atoms. The summed E-state index contributed by atoms with van der Waals surface area (Å²) in [6, 6.07) is 11.9. The van der Waals surface area contributed by atoms with Gasteiger partial charge in [-0.25, -0.2) is 4.98 Å². The maximum Gasteiger partial charge on any atom is 0.157 e. The summed E-state index contributed by atoms with van der Waals surface area (Å²) in [4.78, 5) is 15.8. The van der Waals surface area contributed by atoms with Crippen molar-refractivity contribution in [1.82, 2.24) is 9.38 Å². The Hall–Kier alpha value is -3.13. The number of ketones is 1. The smallest absolute Gasteiger partial charge is 0.157 e. The summed E-state index contributed by atoms with van der Waals surface area (Å²) in [6.07, 6.45) is 1.54. The van der Waals surface area contributed by atoms with E-state index < -0.39 is 0 Å². The molecular weight excluding hydrogens is 288 g/mol. The number of hydrogen-bond donors (Lipinski definition) is 1. The highest BCUT2D eigenvalue weighted by Gasteiger charge is 2.14. The zero-order chi connectivity index (χ0) is 16.6. The summed E-state index contributed by atoms with van der Waals surface area (Å²) in [5.41, 5.74) is 4.49. The van der Waals surface area contributed by atoms with Crippen molar-refractivity contribution in [1.29, 1.82) is 5.26 Å². The van der Waals surface area contributed by atoms with Crippen LogP contribution in [-0.4, -0.2) is 15.2 Å². The molecule has 0 atom stereocenters. The molecular formula is C18H16N4O. The Morgan fingerprint density at radius 2 is 2.09 bits per heavy atom. The molecule has 0 aliphatic carbocycles. The number of carbonyl (C=O) groups excluding carboxylic acids is 1. The molecule has 5 heteroatoms. The number of para-hydroxylation sites is 2. The fraction of sp³-hybridized carbons (Fsp3) is 0.167. The van der Waals surface area contributed by atoms with Gasteiger partial charge in [-0.2, -0.15) is 5.26 Å². The van der Waals surface area contributed by atoms with E-state index in [-0.39, 0.29) is 5.78 Å². The fourth-order valence-corrected chi connectivity index (χ4v) is 2.73. The third-order valence-corrected chi connectivity index (χ3v) is 3.63. The second-order valence-corrected chi connectivity index (χ2v) is 5.52. The summed E-state index contributed by atoms with van der Waals surface area (Å²) in [7, 11) is 0. The molecule has 1 N–H and O–H groups in total. The van der Waals surface area contributed by atoms with Gasteiger partial charge in [-0.15, -0.1) is 0 Å². The minimum absolute atomic E-state index is 0.0212. The van der Waals surface area contributed by atoms with E-state index in [0.29, 0.717) is 11.2 Å². The predicted molar refractivity (Wildman–Crippen MR) is 90.2 cm³/mol. The summed E-state index contributed by atoms with van der Waals surface area (Å²) < 4.78 is 1.92. The number of rotatable bonds is 3. The van der Waals surface area contributed by atoms with Crippen LogP contribution >= 0.6 is 0 Å². The summed E-state index contributed by atoms with van der Waals surface area (Å²) in [5, 5.41) is 12.7. The monoisotopic (exact) mass is 304 g/mol. The fourth-order valence-electron chi connectivity index (χ4n) is 2.73. The SMILES string of the molecule is CC(=O)/C=C(\C)Nc1cc(C)c(C#N)c2nc3ccccc3n12. The average molecular weight is 304 g/mol. The second kappa shape index (κ2) is 5.58. The molecule has 0 radical (unpaired) electrons. The van der Waals surface area contributed by atoms with Gasteiger partial charge in [0.25, 0.3) is 0 Å². The number of nitrogens with zero attached hydrogens (tertiary/aromatic N) is 3. The molecule has 3 aromatic rings. The number of benzene rings is 1. The van der Waals surface area contributed by atoms with Crippen LogP contribution in [0.15, 0.2) is 42.1 Å². The Kier molecular flexibility index (Phi) is 3.59. The van der Waals surface area contributed by atoms with Gasteiger partial charge in [-0.1, -0.05) is 12.1 Å². The van der Waals surface area contributed by atoms with Gasteiger partial charge in [-0.3, -0.25) is 9.20 Å². The minimum atomic E-state index is -0.0212. The van der Waals surface area contributed by atoms with Gasteiger partial charge < -0.3 is 5.32 Å². The molecule has 2 aromatic heterocycles. The van der Waals surface area contributed by atoms with E-state index >= 15 is 0 Å². The molecule has 0 bridgehead atoms. The molecule has 0 aliphatic rings. The average Bonchev–Trinajstić information content (AvgIpc) is 2.85. The van der Waals surface area contributed by atoms with Crippen LogP contribution in [0.2, 0.25) is 0 Å². The third-order valence-electron chi connectivity index (χ3n) is 3.63. The minimum Gasteiger partial charge on any atom is -0.345 e. The van der Waals surface area contributed by atoms with Gasteiger partial charge in [-0.05, 0) is 50.6 Å². The summed E-state index contributed by atoms with van der Waals surface area (Å²) in [6.45, 7) is 5.23. The lowest BCUT2D eigenvalue weighted by molar-refractivity contribution is -0.112. The quantitative estimate of drug-likeness (QED) is 0.751. The van der Waals surface area contributed by atoms with Crippen molar-refractivity contribution in [3.63, 3.8) is 0 Å². The van der Waals surface area contributed by atoms with E-state index in [1.54, 1.807) is 6.08 Å². The van der Waals surface area contributed by atoms with E-state index in [2.05, 4.69) is 16.4 Å². The molecule has 0 amide bonds. The van der Waals surface area contributed by atoms with Crippen LogP contribution in [0.1, 0.15) is 25.0 Å². The first kappa shape index (κ1) is 14.8. The second-order valence-electron chi connectivity index (χ2n) is 5.52. The van der Waals surface area contributed by atoms with Crippen LogP contribution in [-0.2, 0) is 4.79 Å². The Morgan fingerprint density at radius 3 is 2.78 bits per heavy atom. The number of anilines is 1. The number of aromatic nitrogens is 2. The van der Waals surface area contributed by atoms with Crippen molar-refractivity contribution in [2.45, 2.75) is 20.8 Å². The lowest BCUT2D eigenvalue weighted by Gasteiger charge is -2.12. The van der Waals surface area contributed by atoms with Crippen molar-refractivity contribution in [2.24, 2.45) is 0 Å². The highest BCUT2D eigenvalue weighted by atomic mass is 16.1. The van der Waals surface area contributed by atoms with Gasteiger partial charge in [0.15, 0.2) is 11.4 Å². The maximum atomic E-state index is 11.3. The van der Waals surface area contributed by atoms with Gasteiger partial charge >= 0.3 is 0 Å². The molecule has 0 saturated carbocycles. The number of allylic oxidation sites excluding steroid dienone is 2. The predicted octanol–water partition coefficient (Wildman–Crippen LogP) is 3.57. The highest BCUT2D eigenvalue weighted by Crippen LogP contribution is 2.27. The topological polar surface area (TPSA) is 70.2 Å². The Labute approximate surface area is 133 Å². The lowest BCUT2D eigenvalue weighted by Crippen LogP contribution is -2.05. The van der Waals surface area contributed by atoms with Gasteiger partial charge in [0, 0.05) is 5.70 Å². The Bertz CT molecular complexity index is 1010. The molecule has 5 nitrogen and oxygen atoms in total. The molecule has 1 aromatic carbocycles. The molecule has 0 fully saturated rings. The van der Waals surface area contributed by atoms with E-state index in [4.69, 9.17) is 0 Å². The summed E-state index contributed by atoms with van der Waals surface area (Å²) >= 11 is 0. The van der Waals surface area contributed by atoms with Crippen LogP contribution in [0.5, 0.6) is 0 Å². The zero-order valence-electron chi connectivity index (χ0n) is 13.2. The number of hydrogen-bond acceptors (Lipinski definition) is 4. The van der Waals surface area contributed by atoms with Crippen molar-refractivity contribution in [3.8, 4) is 6.07 Å². The van der Waals surface area contributed by atoms with Crippen LogP contribution in [0.25, 0.3) is 16.7 Å². The molecule has 3 rings (SSSR count). The molecule has 0 aliphatic heterocycles. The number of nitrogens with one attached hydrogen (secondary N) is 1. The summed E-state index contributed by atoms with van der Waals surface area (Å²) in [5.74, 6) is 0.757. The number of fused-ring (bicyclic) bond motifs is 3. The van der Waals surface area contributed by atoms with Crippen LogP contribution in [0.3, 0.4) is 0 Å². The Morgan fingerprint density at radius 1 is 1.35 bits per heavy atom. The number of pyridine rings is 1. The normalized spacial score (nSPS) is 11.7. The van der Waals surface area contributed by atoms with E-state index in [9.17, 15) is 10.1 Å². The molecule has 0 unspecified atom stereocenters.